The van der Waals surface area contributed by atoms with Gasteiger partial charge >= 0.3 is 0 Å². The zero-order chi connectivity index (χ0) is 21.8. The van der Waals surface area contributed by atoms with Crippen molar-refractivity contribution < 1.29 is 23.8 Å². The average molecular weight is 408 g/mol. The van der Waals surface area contributed by atoms with E-state index in [2.05, 4.69) is 5.32 Å². The molecule has 0 aromatic heterocycles. The molecule has 1 aromatic rings. The monoisotopic (exact) mass is 407 g/mol. The molecule has 1 saturated heterocycles. The second kappa shape index (κ2) is 9.35. The molecule has 0 aliphatic carbocycles. The summed E-state index contributed by atoms with van der Waals surface area (Å²) in [6, 6.07) is 2.69. The largest absolute Gasteiger partial charge is 0.493 e. The molecule has 0 bridgehead atoms. The molecular weight excluding hydrogens is 374 g/mol. The van der Waals surface area contributed by atoms with E-state index >= 15 is 0 Å². The molecule has 8 heteroatoms. The molecule has 8 nitrogen and oxygen atoms in total. The third-order valence-corrected chi connectivity index (χ3v) is 5.27. The summed E-state index contributed by atoms with van der Waals surface area (Å²) in [4.78, 5) is 27.1. The number of carbonyl (C=O) groups is 2. The summed E-state index contributed by atoms with van der Waals surface area (Å²) in [6.07, 6.45) is 1.36. The number of piperidine rings is 1. The van der Waals surface area contributed by atoms with Crippen LogP contribution in [0.2, 0.25) is 0 Å². The molecule has 1 aliphatic heterocycles. The smallest absolute Gasteiger partial charge is 0.251 e. The lowest BCUT2D eigenvalue weighted by Crippen LogP contribution is -2.54. The standard InChI is InChI=1S/C21H33N3O5/c1-21(2,3)18(22)20(26)24-9-7-14(8-10-24)23-19(25)13-11-15(27-4)17(29-6)16(12-13)28-5/h11-12,14,18H,7-10,22H2,1-6H3,(H,23,25). The number of ether oxygens (including phenoxy) is 3. The summed E-state index contributed by atoms with van der Waals surface area (Å²) < 4.78 is 15.9. The lowest BCUT2D eigenvalue weighted by Gasteiger charge is -2.36. The summed E-state index contributed by atoms with van der Waals surface area (Å²) in [5.41, 5.74) is 6.24. The van der Waals surface area contributed by atoms with E-state index in [-0.39, 0.29) is 23.3 Å². The van der Waals surface area contributed by atoms with Gasteiger partial charge in [0.2, 0.25) is 11.7 Å². The molecular formula is C21H33N3O5. The number of nitrogens with one attached hydrogen (secondary N) is 1. The van der Waals surface area contributed by atoms with Crippen LogP contribution in [0.5, 0.6) is 17.2 Å². The molecule has 1 atom stereocenters. The van der Waals surface area contributed by atoms with Crippen LogP contribution in [-0.2, 0) is 4.79 Å². The number of carbonyl (C=O) groups excluding carboxylic acids is 2. The molecule has 0 radical (unpaired) electrons. The van der Waals surface area contributed by atoms with Gasteiger partial charge in [-0.05, 0) is 30.4 Å². The lowest BCUT2D eigenvalue weighted by molar-refractivity contribution is -0.136. The SMILES string of the molecule is COc1cc(C(=O)NC2CCN(C(=O)C(N)C(C)(C)C)CC2)cc(OC)c1OC. The third-order valence-electron chi connectivity index (χ3n) is 5.27. The fourth-order valence-electron chi connectivity index (χ4n) is 3.29. The Balaban J connectivity index is 2.01. The summed E-state index contributed by atoms with van der Waals surface area (Å²) in [6.45, 7) is 7.02. The first-order valence-electron chi connectivity index (χ1n) is 9.77. The van der Waals surface area contributed by atoms with Crippen molar-refractivity contribution in [3.8, 4) is 17.2 Å². The highest BCUT2D eigenvalue weighted by molar-refractivity contribution is 5.95. The van der Waals surface area contributed by atoms with Crippen LogP contribution in [0.1, 0.15) is 44.0 Å². The normalized spacial score (nSPS) is 16.2. The van der Waals surface area contributed by atoms with Crippen molar-refractivity contribution in [1.82, 2.24) is 10.2 Å². The second-order valence-corrected chi connectivity index (χ2v) is 8.33. The molecule has 29 heavy (non-hydrogen) atoms. The van der Waals surface area contributed by atoms with Crippen molar-refractivity contribution in [1.29, 1.82) is 0 Å². The summed E-state index contributed by atoms with van der Waals surface area (Å²) in [5.74, 6) is 1.03. The maximum atomic E-state index is 12.7. The Morgan fingerprint density at radius 3 is 2.00 bits per heavy atom. The summed E-state index contributed by atoms with van der Waals surface area (Å²) >= 11 is 0. The van der Waals surface area contributed by atoms with Crippen LogP contribution in [0.25, 0.3) is 0 Å². The summed E-state index contributed by atoms with van der Waals surface area (Å²) in [5, 5.41) is 3.03. The van der Waals surface area contributed by atoms with Gasteiger partial charge in [0, 0.05) is 24.7 Å². The molecule has 1 aliphatic rings. The van der Waals surface area contributed by atoms with Crippen molar-refractivity contribution in [3.05, 3.63) is 17.7 Å². The minimum Gasteiger partial charge on any atom is -0.493 e. The van der Waals surface area contributed by atoms with Gasteiger partial charge in [-0.3, -0.25) is 9.59 Å². The highest BCUT2D eigenvalue weighted by atomic mass is 16.5. The third kappa shape index (κ3) is 5.32. The summed E-state index contributed by atoms with van der Waals surface area (Å²) in [7, 11) is 4.53. The average Bonchev–Trinajstić information content (AvgIpc) is 2.71. The van der Waals surface area contributed by atoms with E-state index in [1.165, 1.54) is 21.3 Å². The number of likely N-dealkylation sites (tertiary alicyclic amines) is 1. The predicted octanol–water partition coefficient (Wildman–Crippen LogP) is 1.81. The number of methoxy groups -OCH3 is 3. The van der Waals surface area contributed by atoms with E-state index in [4.69, 9.17) is 19.9 Å². The highest BCUT2D eigenvalue weighted by Gasteiger charge is 2.33. The van der Waals surface area contributed by atoms with Gasteiger partial charge in [-0.1, -0.05) is 20.8 Å². The van der Waals surface area contributed by atoms with E-state index in [9.17, 15) is 9.59 Å². The van der Waals surface area contributed by atoms with Gasteiger partial charge in [-0.25, -0.2) is 0 Å². The van der Waals surface area contributed by atoms with E-state index < -0.39 is 6.04 Å². The van der Waals surface area contributed by atoms with Gasteiger partial charge in [0.15, 0.2) is 11.5 Å². The lowest BCUT2D eigenvalue weighted by atomic mass is 9.86. The van der Waals surface area contributed by atoms with Crippen LogP contribution < -0.4 is 25.3 Å². The van der Waals surface area contributed by atoms with Crippen LogP contribution in [-0.4, -0.2) is 63.2 Å². The number of nitrogens with two attached hydrogens (primary N) is 1. The Morgan fingerprint density at radius 1 is 1.07 bits per heavy atom. The van der Waals surface area contributed by atoms with Gasteiger partial charge in [0.05, 0.1) is 27.4 Å². The van der Waals surface area contributed by atoms with Crippen molar-refractivity contribution in [2.75, 3.05) is 34.4 Å². The zero-order valence-corrected chi connectivity index (χ0v) is 18.2. The van der Waals surface area contributed by atoms with Crippen molar-refractivity contribution >= 4 is 11.8 Å². The van der Waals surface area contributed by atoms with Gasteiger partial charge in [0.1, 0.15) is 0 Å². The van der Waals surface area contributed by atoms with Gasteiger partial charge < -0.3 is 30.2 Å². The first-order chi connectivity index (χ1) is 13.6. The maximum Gasteiger partial charge on any atom is 0.251 e. The minimum atomic E-state index is -0.534. The second-order valence-electron chi connectivity index (χ2n) is 8.33. The number of hydrogen-bond donors (Lipinski definition) is 2. The number of amides is 2. The fraction of sp³-hybridized carbons (Fsp3) is 0.619. The Labute approximate surface area is 172 Å². The van der Waals surface area contributed by atoms with E-state index in [1.807, 2.05) is 20.8 Å². The van der Waals surface area contributed by atoms with E-state index in [0.717, 1.165) is 0 Å². The quantitative estimate of drug-likeness (QED) is 0.745. The van der Waals surface area contributed by atoms with Gasteiger partial charge in [0.25, 0.3) is 5.91 Å². The number of hydrogen-bond acceptors (Lipinski definition) is 6. The molecule has 1 fully saturated rings. The Hall–Kier alpha value is -2.48. The van der Waals surface area contributed by atoms with Crippen LogP contribution in [0, 0.1) is 5.41 Å². The number of rotatable bonds is 6. The highest BCUT2D eigenvalue weighted by Crippen LogP contribution is 2.38. The van der Waals surface area contributed by atoms with E-state index in [1.54, 1.807) is 17.0 Å². The van der Waals surface area contributed by atoms with Crippen molar-refractivity contribution in [2.24, 2.45) is 11.1 Å². The van der Waals surface area contributed by atoms with Crippen LogP contribution >= 0.6 is 0 Å². The number of benzene rings is 1. The topological polar surface area (TPSA) is 103 Å². The molecule has 0 spiro atoms. The molecule has 1 unspecified atom stereocenters. The Morgan fingerprint density at radius 2 is 1.59 bits per heavy atom. The Bertz CT molecular complexity index is 711. The Kier molecular flexibility index (Phi) is 7.35. The van der Waals surface area contributed by atoms with Crippen molar-refractivity contribution in [2.45, 2.75) is 45.7 Å². The molecule has 1 aromatic carbocycles. The first-order valence-corrected chi connectivity index (χ1v) is 9.77. The molecule has 162 valence electrons. The first kappa shape index (κ1) is 22.8. The fourth-order valence-corrected chi connectivity index (χ4v) is 3.29. The van der Waals surface area contributed by atoms with E-state index in [0.29, 0.717) is 48.7 Å². The predicted molar refractivity (Wildman–Crippen MR) is 111 cm³/mol. The maximum absolute atomic E-state index is 12.7. The minimum absolute atomic E-state index is 0.0171. The van der Waals surface area contributed by atoms with Gasteiger partial charge in [-0.2, -0.15) is 0 Å². The van der Waals surface area contributed by atoms with Crippen LogP contribution in [0.15, 0.2) is 12.1 Å². The van der Waals surface area contributed by atoms with Gasteiger partial charge in [-0.15, -0.1) is 0 Å². The zero-order valence-electron chi connectivity index (χ0n) is 18.2. The van der Waals surface area contributed by atoms with Crippen LogP contribution in [0.3, 0.4) is 0 Å². The number of nitrogens with zero attached hydrogens (tertiary/aromatic N) is 1. The molecule has 2 amide bonds. The molecule has 0 saturated carbocycles. The molecule has 3 N–H and O–H groups in total. The van der Waals surface area contributed by atoms with Crippen LogP contribution in [0.4, 0.5) is 0 Å². The molecule has 2 rings (SSSR count). The molecule has 1 heterocycles. The van der Waals surface area contributed by atoms with Crippen molar-refractivity contribution in [3.63, 3.8) is 0 Å².